The number of hydrogen-bond donors (Lipinski definition) is 1. The van der Waals surface area contributed by atoms with Gasteiger partial charge in [-0.1, -0.05) is 35.9 Å². The summed E-state index contributed by atoms with van der Waals surface area (Å²) in [5.41, 5.74) is 0.745. The standard InChI is InChI=1S/C18H18Cl2FN3O2/c1-10-3-6-17(26-2)22-9-11-4-5-16(10)24(11)18(25)23-15-8-13(20)12(19)7-14(15)21/h3,6-8,11,16H,1,4-5,9H2,2H3,(H,23,25)/b6-3-,22-17+. The molecule has 138 valence electrons. The quantitative estimate of drug-likeness (QED) is 0.700. The maximum absolute atomic E-state index is 14.1. The van der Waals surface area contributed by atoms with Gasteiger partial charge in [0.2, 0.25) is 5.90 Å². The van der Waals surface area contributed by atoms with E-state index in [1.165, 1.54) is 6.07 Å². The van der Waals surface area contributed by atoms with Gasteiger partial charge >= 0.3 is 6.03 Å². The zero-order chi connectivity index (χ0) is 18.8. The summed E-state index contributed by atoms with van der Waals surface area (Å²) in [6, 6.07) is 1.62. The number of fused-ring (bicyclic) bond motifs is 2. The summed E-state index contributed by atoms with van der Waals surface area (Å²) in [7, 11) is 1.54. The van der Waals surface area contributed by atoms with Gasteiger partial charge in [-0.25, -0.2) is 14.2 Å². The second kappa shape index (κ2) is 7.68. The van der Waals surface area contributed by atoms with Crippen LogP contribution < -0.4 is 5.32 Å². The number of nitrogens with zero attached hydrogens (tertiary/aromatic N) is 2. The zero-order valence-electron chi connectivity index (χ0n) is 14.1. The molecular formula is C18H18Cl2FN3O2. The minimum Gasteiger partial charge on any atom is -0.481 e. The molecule has 0 aliphatic carbocycles. The summed E-state index contributed by atoms with van der Waals surface area (Å²) >= 11 is 11.7. The number of aliphatic imine (C=N–C) groups is 1. The summed E-state index contributed by atoms with van der Waals surface area (Å²) < 4.78 is 19.3. The van der Waals surface area contributed by atoms with Crippen LogP contribution in [0.4, 0.5) is 14.9 Å². The number of urea groups is 1. The molecule has 1 aromatic rings. The third kappa shape index (κ3) is 3.71. The molecule has 0 saturated carbocycles. The first-order chi connectivity index (χ1) is 12.4. The van der Waals surface area contributed by atoms with E-state index in [1.54, 1.807) is 24.2 Å². The van der Waals surface area contributed by atoms with Crippen molar-refractivity contribution in [2.45, 2.75) is 24.9 Å². The van der Waals surface area contributed by atoms with Crippen LogP contribution in [0.3, 0.4) is 0 Å². The molecule has 0 spiro atoms. The van der Waals surface area contributed by atoms with Crippen molar-refractivity contribution in [3.8, 4) is 0 Å². The average molecular weight is 398 g/mol. The van der Waals surface area contributed by atoms with Crippen LogP contribution in [0.1, 0.15) is 12.8 Å². The van der Waals surface area contributed by atoms with Crippen molar-refractivity contribution in [1.82, 2.24) is 4.90 Å². The largest absolute Gasteiger partial charge is 0.481 e. The van der Waals surface area contributed by atoms with Crippen LogP contribution in [-0.4, -0.2) is 42.6 Å². The van der Waals surface area contributed by atoms with Crippen LogP contribution in [0.25, 0.3) is 0 Å². The lowest BCUT2D eigenvalue weighted by Gasteiger charge is -2.30. The number of hydrogen-bond acceptors (Lipinski definition) is 3. The number of amides is 2. The molecule has 2 unspecified atom stereocenters. The Bertz CT molecular complexity index is 810. The van der Waals surface area contributed by atoms with Crippen LogP contribution >= 0.6 is 23.2 Å². The highest BCUT2D eigenvalue weighted by Crippen LogP contribution is 2.32. The number of halogens is 3. The molecule has 3 rings (SSSR count). The Morgan fingerprint density at radius 3 is 2.81 bits per heavy atom. The Morgan fingerprint density at radius 1 is 1.35 bits per heavy atom. The van der Waals surface area contributed by atoms with Gasteiger partial charge in [-0.05, 0) is 30.5 Å². The average Bonchev–Trinajstić information content (AvgIpc) is 3.05. The van der Waals surface area contributed by atoms with Gasteiger partial charge in [0.1, 0.15) is 5.82 Å². The number of rotatable bonds is 1. The van der Waals surface area contributed by atoms with E-state index in [1.807, 2.05) is 0 Å². The molecule has 2 bridgehead atoms. The van der Waals surface area contributed by atoms with Gasteiger partial charge in [-0.3, -0.25) is 0 Å². The SMILES string of the molecule is C=C1/C=C\C(OC)=N/CC2CCC1N2C(=O)Nc1cc(Cl)c(Cl)cc1F. The first-order valence-corrected chi connectivity index (χ1v) is 8.85. The van der Waals surface area contributed by atoms with Gasteiger partial charge in [0.25, 0.3) is 0 Å². The van der Waals surface area contributed by atoms with Crippen molar-refractivity contribution in [2.75, 3.05) is 19.0 Å². The molecule has 1 N–H and O–H groups in total. The molecule has 0 radical (unpaired) electrons. The van der Waals surface area contributed by atoms with Crippen molar-refractivity contribution in [3.05, 3.63) is 52.3 Å². The number of carbonyl (C=O) groups excluding carboxylic acids is 1. The normalized spacial score (nSPS) is 25.6. The number of carbonyl (C=O) groups is 1. The van der Waals surface area contributed by atoms with Crippen molar-refractivity contribution in [1.29, 1.82) is 0 Å². The summed E-state index contributed by atoms with van der Waals surface area (Å²) in [4.78, 5) is 18.9. The fourth-order valence-electron chi connectivity index (χ4n) is 3.20. The Balaban J connectivity index is 1.87. The molecule has 1 aromatic carbocycles. The summed E-state index contributed by atoms with van der Waals surface area (Å²) in [5.74, 6) is -0.169. The van der Waals surface area contributed by atoms with E-state index in [2.05, 4.69) is 16.9 Å². The van der Waals surface area contributed by atoms with Crippen LogP contribution in [0.2, 0.25) is 10.0 Å². The molecular weight excluding hydrogens is 380 g/mol. The number of nitrogens with one attached hydrogen (secondary N) is 1. The van der Waals surface area contributed by atoms with Gasteiger partial charge in [-0.2, -0.15) is 0 Å². The van der Waals surface area contributed by atoms with E-state index in [4.69, 9.17) is 27.9 Å². The van der Waals surface area contributed by atoms with Crippen molar-refractivity contribution in [2.24, 2.45) is 4.99 Å². The summed E-state index contributed by atoms with van der Waals surface area (Å²) in [6.07, 6.45) is 5.07. The highest BCUT2D eigenvalue weighted by Gasteiger charge is 2.38. The predicted molar refractivity (Wildman–Crippen MR) is 102 cm³/mol. The third-order valence-electron chi connectivity index (χ3n) is 4.52. The van der Waals surface area contributed by atoms with Gasteiger partial charge in [0, 0.05) is 6.08 Å². The molecule has 1 saturated heterocycles. The highest BCUT2D eigenvalue weighted by atomic mass is 35.5. The topological polar surface area (TPSA) is 53.9 Å². The maximum Gasteiger partial charge on any atom is 0.322 e. The monoisotopic (exact) mass is 397 g/mol. The van der Waals surface area contributed by atoms with Crippen LogP contribution in [0, 0.1) is 5.82 Å². The van der Waals surface area contributed by atoms with Crippen molar-refractivity contribution < 1.29 is 13.9 Å². The summed E-state index contributed by atoms with van der Waals surface area (Å²) in [6.45, 7) is 4.45. The molecule has 2 atom stereocenters. The second-order valence-electron chi connectivity index (χ2n) is 6.12. The zero-order valence-corrected chi connectivity index (χ0v) is 15.6. The van der Waals surface area contributed by atoms with E-state index in [-0.39, 0.29) is 27.8 Å². The van der Waals surface area contributed by atoms with E-state index >= 15 is 0 Å². The molecule has 0 aromatic heterocycles. The van der Waals surface area contributed by atoms with Crippen LogP contribution in [-0.2, 0) is 4.74 Å². The Labute approximate surface area is 161 Å². The first-order valence-electron chi connectivity index (χ1n) is 8.10. The second-order valence-corrected chi connectivity index (χ2v) is 6.94. The molecule has 2 amide bonds. The molecule has 26 heavy (non-hydrogen) atoms. The van der Waals surface area contributed by atoms with Gasteiger partial charge in [0.05, 0.1) is 41.5 Å². The van der Waals surface area contributed by atoms with Crippen LogP contribution in [0.5, 0.6) is 0 Å². The molecule has 2 heterocycles. The van der Waals surface area contributed by atoms with E-state index in [9.17, 15) is 9.18 Å². The highest BCUT2D eigenvalue weighted by molar-refractivity contribution is 6.42. The molecule has 5 nitrogen and oxygen atoms in total. The van der Waals surface area contributed by atoms with Crippen LogP contribution in [0.15, 0.2) is 41.4 Å². The molecule has 2 aliphatic rings. The minimum atomic E-state index is -0.650. The van der Waals surface area contributed by atoms with Crippen molar-refractivity contribution in [3.63, 3.8) is 0 Å². The maximum atomic E-state index is 14.1. The number of anilines is 1. The number of ether oxygens (including phenoxy) is 1. The fraction of sp³-hybridized carbons (Fsp3) is 0.333. The van der Waals surface area contributed by atoms with Crippen molar-refractivity contribution >= 4 is 40.8 Å². The lowest BCUT2D eigenvalue weighted by molar-refractivity contribution is 0.195. The lowest BCUT2D eigenvalue weighted by atomic mass is 10.1. The molecule has 1 fully saturated rings. The summed E-state index contributed by atoms with van der Waals surface area (Å²) in [5, 5.41) is 2.84. The minimum absolute atomic E-state index is 0.0223. The van der Waals surface area contributed by atoms with Gasteiger partial charge in [-0.15, -0.1) is 0 Å². The number of benzene rings is 1. The Kier molecular flexibility index (Phi) is 5.53. The first kappa shape index (κ1) is 18.7. The number of methoxy groups -OCH3 is 1. The fourth-order valence-corrected chi connectivity index (χ4v) is 3.52. The molecule has 2 aliphatic heterocycles. The Hall–Kier alpha value is -2.05. The smallest absolute Gasteiger partial charge is 0.322 e. The third-order valence-corrected chi connectivity index (χ3v) is 5.25. The van der Waals surface area contributed by atoms with E-state index in [0.29, 0.717) is 12.4 Å². The van der Waals surface area contributed by atoms with Gasteiger partial charge < -0.3 is 15.0 Å². The van der Waals surface area contributed by atoms with Gasteiger partial charge in [0.15, 0.2) is 0 Å². The Morgan fingerprint density at radius 2 is 2.08 bits per heavy atom. The van der Waals surface area contributed by atoms with E-state index < -0.39 is 11.8 Å². The predicted octanol–water partition coefficient (Wildman–Crippen LogP) is 4.67. The lowest BCUT2D eigenvalue weighted by Crippen LogP contribution is -2.45. The molecule has 8 heteroatoms. The van der Waals surface area contributed by atoms with E-state index in [0.717, 1.165) is 24.5 Å².